The highest BCUT2D eigenvalue weighted by molar-refractivity contribution is 7.88. The van der Waals surface area contributed by atoms with Crippen molar-refractivity contribution >= 4 is 21.7 Å². The zero-order valence-corrected chi connectivity index (χ0v) is 16.5. The van der Waals surface area contributed by atoms with E-state index in [1.165, 1.54) is 7.11 Å². The SMILES string of the molecule is COc1ccccc1NC(=O)NCc1ccccc1CS(=O)(=O)NC(C)C. The molecule has 0 spiro atoms. The Kier molecular flexibility index (Phi) is 7.20. The summed E-state index contributed by atoms with van der Waals surface area (Å²) in [6.45, 7) is 3.74. The van der Waals surface area contributed by atoms with Crippen molar-refractivity contribution in [2.45, 2.75) is 32.2 Å². The Morgan fingerprint density at radius 2 is 1.67 bits per heavy atom. The molecule has 0 aliphatic heterocycles. The molecule has 2 amide bonds. The van der Waals surface area contributed by atoms with Crippen LogP contribution >= 0.6 is 0 Å². The van der Waals surface area contributed by atoms with Crippen LogP contribution in [0.4, 0.5) is 10.5 Å². The Morgan fingerprint density at radius 3 is 2.33 bits per heavy atom. The maximum Gasteiger partial charge on any atom is 0.319 e. The van der Waals surface area contributed by atoms with Crippen LogP contribution in [0.15, 0.2) is 48.5 Å². The fourth-order valence-electron chi connectivity index (χ4n) is 2.57. The molecule has 0 aliphatic carbocycles. The maximum absolute atomic E-state index is 12.2. The van der Waals surface area contributed by atoms with Gasteiger partial charge in [0, 0.05) is 12.6 Å². The predicted octanol–water partition coefficient (Wildman–Crippen LogP) is 2.84. The summed E-state index contributed by atoms with van der Waals surface area (Å²) in [5.41, 5.74) is 1.93. The number of benzene rings is 2. The van der Waals surface area contributed by atoms with E-state index in [0.717, 1.165) is 5.56 Å². The number of amides is 2. The van der Waals surface area contributed by atoms with Crippen molar-refractivity contribution in [3.8, 4) is 5.75 Å². The summed E-state index contributed by atoms with van der Waals surface area (Å²) in [6.07, 6.45) is 0. The van der Waals surface area contributed by atoms with E-state index in [0.29, 0.717) is 17.0 Å². The van der Waals surface area contributed by atoms with Gasteiger partial charge in [-0.15, -0.1) is 0 Å². The van der Waals surface area contributed by atoms with Crippen molar-refractivity contribution in [3.63, 3.8) is 0 Å². The molecule has 0 atom stereocenters. The minimum atomic E-state index is -3.45. The Labute approximate surface area is 160 Å². The molecular formula is C19H25N3O4S. The monoisotopic (exact) mass is 391 g/mol. The number of hydrogen-bond acceptors (Lipinski definition) is 4. The summed E-state index contributed by atoms with van der Waals surface area (Å²) in [4.78, 5) is 12.2. The predicted molar refractivity (Wildman–Crippen MR) is 106 cm³/mol. The summed E-state index contributed by atoms with van der Waals surface area (Å²) in [5.74, 6) is 0.413. The van der Waals surface area contributed by atoms with Gasteiger partial charge in [-0.2, -0.15) is 0 Å². The number of sulfonamides is 1. The molecule has 3 N–H and O–H groups in total. The number of urea groups is 1. The van der Waals surface area contributed by atoms with Crippen molar-refractivity contribution < 1.29 is 17.9 Å². The number of hydrogen-bond donors (Lipinski definition) is 3. The van der Waals surface area contributed by atoms with Gasteiger partial charge < -0.3 is 15.4 Å². The summed E-state index contributed by atoms with van der Waals surface area (Å²) < 4.78 is 32.1. The summed E-state index contributed by atoms with van der Waals surface area (Å²) >= 11 is 0. The van der Waals surface area contributed by atoms with E-state index in [1.807, 2.05) is 6.07 Å². The molecular weight excluding hydrogens is 366 g/mol. The minimum Gasteiger partial charge on any atom is -0.495 e. The van der Waals surface area contributed by atoms with Crippen LogP contribution < -0.4 is 20.1 Å². The molecule has 7 nitrogen and oxygen atoms in total. The molecule has 0 bridgehead atoms. The lowest BCUT2D eigenvalue weighted by molar-refractivity contribution is 0.251. The number of carbonyl (C=O) groups is 1. The Hall–Kier alpha value is -2.58. The lowest BCUT2D eigenvalue weighted by atomic mass is 10.1. The average Bonchev–Trinajstić information content (AvgIpc) is 2.60. The van der Waals surface area contributed by atoms with E-state index >= 15 is 0 Å². The highest BCUT2D eigenvalue weighted by Gasteiger charge is 2.15. The molecule has 0 fully saturated rings. The Balaban J connectivity index is 2.03. The molecule has 27 heavy (non-hydrogen) atoms. The van der Waals surface area contributed by atoms with Gasteiger partial charge in [-0.25, -0.2) is 17.9 Å². The minimum absolute atomic E-state index is 0.142. The zero-order chi connectivity index (χ0) is 19.9. The topological polar surface area (TPSA) is 96.5 Å². The standard InChI is InChI=1S/C19H25N3O4S/c1-14(2)22-27(24,25)13-16-9-5-4-8-15(16)12-20-19(23)21-17-10-6-7-11-18(17)26-3/h4-11,14,22H,12-13H2,1-3H3,(H2,20,21,23). The lowest BCUT2D eigenvalue weighted by Gasteiger charge is -2.14. The molecule has 0 aromatic heterocycles. The Morgan fingerprint density at radius 1 is 1.04 bits per heavy atom. The molecule has 0 saturated heterocycles. The molecule has 0 saturated carbocycles. The average molecular weight is 391 g/mol. The Bertz CT molecular complexity index is 882. The first-order valence-electron chi connectivity index (χ1n) is 8.55. The number of para-hydroxylation sites is 2. The quantitative estimate of drug-likeness (QED) is 0.645. The van der Waals surface area contributed by atoms with Gasteiger partial charge in [0.25, 0.3) is 0 Å². The number of carbonyl (C=O) groups excluding carboxylic acids is 1. The van der Waals surface area contributed by atoms with Crippen molar-refractivity contribution in [1.29, 1.82) is 0 Å². The second kappa shape index (κ2) is 9.38. The van der Waals surface area contributed by atoms with Gasteiger partial charge in [0.1, 0.15) is 5.75 Å². The number of methoxy groups -OCH3 is 1. The molecule has 0 heterocycles. The second-order valence-electron chi connectivity index (χ2n) is 6.31. The number of nitrogens with one attached hydrogen (secondary N) is 3. The van der Waals surface area contributed by atoms with E-state index in [-0.39, 0.29) is 18.3 Å². The van der Waals surface area contributed by atoms with Gasteiger partial charge in [0.05, 0.1) is 18.6 Å². The highest BCUT2D eigenvalue weighted by Crippen LogP contribution is 2.22. The summed E-state index contributed by atoms with van der Waals surface area (Å²) in [5, 5.41) is 5.46. The molecule has 2 aromatic rings. The number of ether oxygens (including phenoxy) is 1. The fraction of sp³-hybridized carbons (Fsp3) is 0.316. The molecule has 0 unspecified atom stereocenters. The van der Waals surface area contributed by atoms with Crippen LogP contribution in [0.5, 0.6) is 5.75 Å². The van der Waals surface area contributed by atoms with E-state index in [2.05, 4.69) is 15.4 Å². The van der Waals surface area contributed by atoms with Crippen LogP contribution in [0.3, 0.4) is 0 Å². The first-order chi connectivity index (χ1) is 12.8. The van der Waals surface area contributed by atoms with Crippen molar-refractivity contribution in [1.82, 2.24) is 10.0 Å². The third kappa shape index (κ3) is 6.58. The molecule has 2 aromatic carbocycles. The summed E-state index contributed by atoms with van der Waals surface area (Å²) in [7, 11) is -1.92. The smallest absolute Gasteiger partial charge is 0.319 e. The van der Waals surface area contributed by atoms with Gasteiger partial charge in [-0.3, -0.25) is 0 Å². The van der Waals surface area contributed by atoms with Crippen molar-refractivity contribution in [2.24, 2.45) is 0 Å². The molecule has 0 radical (unpaired) electrons. The van der Waals surface area contributed by atoms with Gasteiger partial charge in [0.15, 0.2) is 0 Å². The number of anilines is 1. The third-order valence-corrected chi connectivity index (χ3v) is 5.20. The van der Waals surface area contributed by atoms with E-state index in [1.54, 1.807) is 56.3 Å². The van der Waals surface area contributed by atoms with Gasteiger partial charge in [-0.1, -0.05) is 36.4 Å². The van der Waals surface area contributed by atoms with Crippen LogP contribution in [-0.2, 0) is 22.3 Å². The van der Waals surface area contributed by atoms with Crippen molar-refractivity contribution in [3.05, 3.63) is 59.7 Å². The highest BCUT2D eigenvalue weighted by atomic mass is 32.2. The molecule has 2 rings (SSSR count). The van der Waals surface area contributed by atoms with Gasteiger partial charge in [0.2, 0.25) is 10.0 Å². The lowest BCUT2D eigenvalue weighted by Crippen LogP contribution is -2.32. The summed E-state index contributed by atoms with van der Waals surface area (Å²) in [6, 6.07) is 13.6. The maximum atomic E-state index is 12.2. The van der Waals surface area contributed by atoms with Gasteiger partial charge in [-0.05, 0) is 37.1 Å². The van der Waals surface area contributed by atoms with Gasteiger partial charge >= 0.3 is 6.03 Å². The zero-order valence-electron chi connectivity index (χ0n) is 15.7. The second-order valence-corrected chi connectivity index (χ2v) is 8.06. The van der Waals surface area contributed by atoms with Crippen LogP contribution in [0, 0.1) is 0 Å². The van der Waals surface area contributed by atoms with E-state index in [4.69, 9.17) is 4.74 Å². The van der Waals surface area contributed by atoms with Crippen molar-refractivity contribution in [2.75, 3.05) is 12.4 Å². The van der Waals surface area contributed by atoms with Crippen LogP contribution in [0.1, 0.15) is 25.0 Å². The fourth-order valence-corrected chi connectivity index (χ4v) is 4.06. The molecule has 146 valence electrons. The normalized spacial score (nSPS) is 11.3. The first kappa shape index (κ1) is 20.7. The first-order valence-corrected chi connectivity index (χ1v) is 10.2. The number of rotatable bonds is 8. The largest absolute Gasteiger partial charge is 0.495 e. The van der Waals surface area contributed by atoms with E-state index < -0.39 is 16.1 Å². The molecule has 0 aliphatic rings. The third-order valence-electron chi connectivity index (χ3n) is 3.67. The van der Waals surface area contributed by atoms with Crippen LogP contribution in [0.2, 0.25) is 0 Å². The van der Waals surface area contributed by atoms with Crippen LogP contribution in [0.25, 0.3) is 0 Å². The van der Waals surface area contributed by atoms with Crippen LogP contribution in [-0.4, -0.2) is 27.6 Å². The molecule has 8 heteroatoms. The van der Waals surface area contributed by atoms with E-state index in [9.17, 15) is 13.2 Å².